The maximum Gasteiger partial charge on any atom is 0.186 e. The molecule has 1 aliphatic heterocycles. The number of aliphatic hydroxyl groups is 6. The zero-order chi connectivity index (χ0) is 35.4. The number of Topliss-reactive ketones (excluding diaryl/α,β-unsaturated/α-hetero) is 1. The van der Waals surface area contributed by atoms with Gasteiger partial charge in [0.25, 0.3) is 0 Å². The number of carbonyl (C=O) groups excluding carboxylic acids is 1. The Labute approximate surface area is 292 Å². The maximum atomic E-state index is 13.4. The van der Waals surface area contributed by atoms with Crippen LogP contribution in [0.2, 0.25) is 0 Å². The fraction of sp³-hybridized carbons (Fsp3) is 0.923. The van der Waals surface area contributed by atoms with Crippen molar-refractivity contribution in [3.8, 4) is 0 Å². The first-order valence-corrected chi connectivity index (χ1v) is 19.8. The number of ketones is 1. The molecule has 48 heavy (non-hydrogen) atoms. The molecule has 0 aromatic carbocycles. The van der Waals surface area contributed by atoms with E-state index in [1.54, 1.807) is 6.08 Å². The molecule has 0 aromatic heterocycles. The molecular weight excluding hydrogens is 612 g/mol. The van der Waals surface area contributed by atoms with Crippen molar-refractivity contribution in [3.63, 3.8) is 0 Å². The third-order valence-electron chi connectivity index (χ3n) is 9.78. The van der Waals surface area contributed by atoms with Gasteiger partial charge in [-0.1, -0.05) is 161 Å². The van der Waals surface area contributed by atoms with E-state index in [2.05, 4.69) is 13.8 Å². The van der Waals surface area contributed by atoms with E-state index >= 15 is 0 Å². The van der Waals surface area contributed by atoms with E-state index in [9.17, 15) is 35.4 Å². The minimum Gasteiger partial charge on any atom is -0.394 e. The Morgan fingerprint density at radius 2 is 1.12 bits per heavy atom. The minimum absolute atomic E-state index is 0.293. The molecule has 0 aliphatic carbocycles. The Morgan fingerprint density at radius 1 is 0.667 bits per heavy atom. The van der Waals surface area contributed by atoms with Gasteiger partial charge in [-0.2, -0.15) is 0 Å². The van der Waals surface area contributed by atoms with Gasteiger partial charge in [0, 0.05) is 0 Å². The van der Waals surface area contributed by atoms with Crippen LogP contribution in [-0.4, -0.2) is 92.5 Å². The van der Waals surface area contributed by atoms with Crippen LogP contribution in [0.3, 0.4) is 0 Å². The van der Waals surface area contributed by atoms with Gasteiger partial charge in [0.2, 0.25) is 0 Å². The minimum atomic E-state index is -1.62. The van der Waals surface area contributed by atoms with Crippen molar-refractivity contribution in [2.75, 3.05) is 13.2 Å². The predicted molar refractivity (Wildman–Crippen MR) is 192 cm³/mol. The highest BCUT2D eigenvalue weighted by molar-refractivity contribution is 5.86. The van der Waals surface area contributed by atoms with Crippen LogP contribution in [0.5, 0.6) is 0 Å². The molecule has 0 spiro atoms. The van der Waals surface area contributed by atoms with Crippen LogP contribution in [0.4, 0.5) is 0 Å². The van der Waals surface area contributed by atoms with Crippen LogP contribution < -0.4 is 0 Å². The van der Waals surface area contributed by atoms with Crippen LogP contribution in [-0.2, 0) is 14.3 Å². The lowest BCUT2D eigenvalue weighted by molar-refractivity contribution is -0.303. The van der Waals surface area contributed by atoms with Gasteiger partial charge < -0.3 is 40.1 Å². The van der Waals surface area contributed by atoms with E-state index < -0.39 is 61.2 Å². The van der Waals surface area contributed by atoms with E-state index in [0.717, 1.165) is 38.5 Å². The first kappa shape index (κ1) is 45.1. The number of hydrogen-bond acceptors (Lipinski definition) is 9. The van der Waals surface area contributed by atoms with E-state index in [0.29, 0.717) is 12.8 Å². The molecule has 284 valence electrons. The molecule has 1 fully saturated rings. The third-order valence-corrected chi connectivity index (χ3v) is 9.78. The molecule has 1 rings (SSSR count). The van der Waals surface area contributed by atoms with Crippen LogP contribution in [0.25, 0.3) is 0 Å². The predicted octanol–water partition coefficient (Wildman–Crippen LogP) is 6.67. The molecule has 1 aliphatic rings. The average molecular weight is 687 g/mol. The number of carbonyl (C=O) groups is 1. The molecule has 9 heteroatoms. The van der Waals surface area contributed by atoms with Crippen molar-refractivity contribution in [1.82, 2.24) is 0 Å². The van der Waals surface area contributed by atoms with Crippen molar-refractivity contribution in [1.29, 1.82) is 0 Å². The highest BCUT2D eigenvalue weighted by atomic mass is 16.7. The van der Waals surface area contributed by atoms with E-state index in [4.69, 9.17) is 9.47 Å². The molecule has 1 saturated heterocycles. The largest absolute Gasteiger partial charge is 0.394 e. The second kappa shape index (κ2) is 29.8. The van der Waals surface area contributed by atoms with Gasteiger partial charge in [0.15, 0.2) is 12.1 Å². The van der Waals surface area contributed by atoms with Crippen LogP contribution >= 0.6 is 0 Å². The first-order chi connectivity index (χ1) is 23.3. The van der Waals surface area contributed by atoms with Crippen LogP contribution in [0.1, 0.15) is 168 Å². The Bertz CT molecular complexity index is 777. The van der Waals surface area contributed by atoms with Gasteiger partial charge >= 0.3 is 0 Å². The summed E-state index contributed by atoms with van der Waals surface area (Å²) in [7, 11) is 0. The molecule has 9 nitrogen and oxygen atoms in total. The van der Waals surface area contributed by atoms with Gasteiger partial charge in [0.1, 0.15) is 30.5 Å². The monoisotopic (exact) mass is 687 g/mol. The number of hydrogen-bond donors (Lipinski definition) is 6. The summed E-state index contributed by atoms with van der Waals surface area (Å²) in [5.41, 5.74) is 0. The lowest BCUT2D eigenvalue weighted by atomic mass is 9.91. The SMILES string of the molecule is CCCCCCCCCCCC/C=C/[C@@H](O)[C@H](CO[C@@H]1O[C@H](CO)[C@H](O)[C@H](O)[C@H]1O)C(=O)[C@H](O)CCCCCCCCCCCCCC. The normalized spacial score (nSPS) is 23.5. The summed E-state index contributed by atoms with van der Waals surface area (Å²) in [6.45, 7) is 3.49. The summed E-state index contributed by atoms with van der Waals surface area (Å²) >= 11 is 0. The molecule has 8 atom stereocenters. The molecule has 0 bridgehead atoms. The Kier molecular flexibility index (Phi) is 28.0. The van der Waals surface area contributed by atoms with Gasteiger partial charge in [-0.25, -0.2) is 0 Å². The topological polar surface area (TPSA) is 157 Å². The van der Waals surface area contributed by atoms with Crippen LogP contribution in [0, 0.1) is 5.92 Å². The second-order valence-corrected chi connectivity index (χ2v) is 14.1. The molecule has 1 heterocycles. The average Bonchev–Trinajstić information content (AvgIpc) is 3.08. The van der Waals surface area contributed by atoms with Crippen molar-refractivity contribution in [3.05, 3.63) is 12.2 Å². The van der Waals surface area contributed by atoms with Crippen molar-refractivity contribution in [2.45, 2.75) is 211 Å². The molecule has 0 aromatic rings. The highest BCUT2D eigenvalue weighted by Gasteiger charge is 2.44. The first-order valence-electron chi connectivity index (χ1n) is 19.8. The molecule has 0 saturated carbocycles. The molecule has 0 radical (unpaired) electrons. The number of rotatable bonds is 32. The summed E-state index contributed by atoms with van der Waals surface area (Å²) in [4.78, 5) is 13.4. The fourth-order valence-electron chi connectivity index (χ4n) is 6.44. The zero-order valence-electron chi connectivity index (χ0n) is 30.6. The second-order valence-electron chi connectivity index (χ2n) is 14.1. The molecular formula is C39H74O9. The third kappa shape index (κ3) is 20.1. The van der Waals surface area contributed by atoms with E-state index in [-0.39, 0.29) is 6.61 Å². The maximum absolute atomic E-state index is 13.4. The Hall–Kier alpha value is -0.910. The summed E-state index contributed by atoms with van der Waals surface area (Å²) < 4.78 is 11.1. The van der Waals surface area contributed by atoms with Gasteiger partial charge in [-0.05, 0) is 19.3 Å². The highest BCUT2D eigenvalue weighted by Crippen LogP contribution is 2.24. The van der Waals surface area contributed by atoms with Crippen molar-refractivity contribution < 1.29 is 44.9 Å². The van der Waals surface area contributed by atoms with E-state index in [1.165, 1.54) is 103 Å². The Balaban J connectivity index is 2.55. The lowest BCUT2D eigenvalue weighted by Crippen LogP contribution is -2.59. The lowest BCUT2D eigenvalue weighted by Gasteiger charge is -2.40. The van der Waals surface area contributed by atoms with E-state index in [1.807, 2.05) is 6.08 Å². The quantitative estimate of drug-likeness (QED) is 0.0336. The number of ether oxygens (including phenoxy) is 2. The number of aliphatic hydroxyl groups excluding tert-OH is 6. The van der Waals surface area contributed by atoms with Crippen LogP contribution in [0.15, 0.2) is 12.2 Å². The smallest absolute Gasteiger partial charge is 0.186 e. The fourth-order valence-corrected chi connectivity index (χ4v) is 6.44. The molecule has 0 unspecified atom stereocenters. The number of unbranched alkanes of at least 4 members (excludes halogenated alkanes) is 21. The van der Waals surface area contributed by atoms with Gasteiger partial charge in [-0.15, -0.1) is 0 Å². The van der Waals surface area contributed by atoms with Gasteiger partial charge in [-0.3, -0.25) is 4.79 Å². The zero-order valence-corrected chi connectivity index (χ0v) is 30.6. The van der Waals surface area contributed by atoms with Crippen molar-refractivity contribution >= 4 is 5.78 Å². The van der Waals surface area contributed by atoms with Crippen molar-refractivity contribution in [2.24, 2.45) is 5.92 Å². The molecule has 0 amide bonds. The summed E-state index contributed by atoms with van der Waals surface area (Å²) in [6.07, 6.45) is 21.2. The standard InChI is InChI=1S/C39H74O9/c1-3-5-7-9-11-13-15-17-19-21-23-25-27-32(41)31(30-47-39-38(46)37(45)36(44)34(29-40)48-39)35(43)33(42)28-26-24-22-20-18-16-14-12-10-8-6-4-2/h25,27,31-34,36-42,44-46H,3-24,26,28-30H2,1-2H3/b27-25+/t31-,32+,33+,34+,36-,37-,38+,39+/m0/s1. The summed E-state index contributed by atoms with van der Waals surface area (Å²) in [6, 6.07) is 0. The van der Waals surface area contributed by atoms with Gasteiger partial charge in [0.05, 0.1) is 25.2 Å². The molecule has 6 N–H and O–H groups in total. The Morgan fingerprint density at radius 3 is 1.60 bits per heavy atom. The summed E-state index contributed by atoms with van der Waals surface area (Å²) in [5.74, 6) is -1.66. The summed E-state index contributed by atoms with van der Waals surface area (Å²) in [5, 5.41) is 61.9. The number of allylic oxidation sites excluding steroid dienone is 1.